The van der Waals surface area contributed by atoms with Crippen LogP contribution in [0.4, 0.5) is 4.79 Å². The van der Waals surface area contributed by atoms with Gasteiger partial charge in [-0.3, -0.25) is 15.0 Å². The van der Waals surface area contributed by atoms with Gasteiger partial charge in [-0.2, -0.15) is 0 Å². The van der Waals surface area contributed by atoms with Crippen LogP contribution in [0.2, 0.25) is 0 Å². The lowest BCUT2D eigenvalue weighted by atomic mass is 10.4. The van der Waals surface area contributed by atoms with Crippen LogP contribution in [0.1, 0.15) is 12.8 Å². The third kappa shape index (κ3) is 2.77. The number of amides is 3. The van der Waals surface area contributed by atoms with Crippen molar-refractivity contribution in [3.05, 3.63) is 9.65 Å². The molecule has 14 heavy (non-hydrogen) atoms. The Labute approximate surface area is 95.8 Å². The molecule has 7 heteroatoms. The molecule has 0 saturated carbocycles. The molecule has 78 valence electrons. The van der Waals surface area contributed by atoms with Gasteiger partial charge in [-0.1, -0.05) is 34.8 Å². The zero-order chi connectivity index (χ0) is 10.7. The van der Waals surface area contributed by atoms with Crippen LogP contribution in [0.15, 0.2) is 9.65 Å². The fraction of sp³-hybridized carbons (Fsp3) is 0.429. The molecule has 0 aliphatic carbocycles. The number of likely N-dealkylation sites (tertiary alicyclic amines) is 1. The van der Waals surface area contributed by atoms with Crippen molar-refractivity contribution in [2.45, 2.75) is 12.8 Å². The number of nitrogens with zero attached hydrogens (tertiary/aromatic N) is 1. The molecular formula is C7H7Cl3N2O2. The van der Waals surface area contributed by atoms with Crippen LogP contribution in [0.3, 0.4) is 0 Å². The van der Waals surface area contributed by atoms with Gasteiger partial charge in [0.1, 0.15) is 9.65 Å². The number of nitrogens with one attached hydrogen (secondary N) is 1. The Bertz CT molecular complexity index is 299. The normalized spacial score (nSPS) is 15.6. The van der Waals surface area contributed by atoms with Crippen molar-refractivity contribution in [3.63, 3.8) is 0 Å². The number of halogens is 3. The van der Waals surface area contributed by atoms with Gasteiger partial charge in [-0.15, -0.1) is 0 Å². The van der Waals surface area contributed by atoms with Crippen LogP contribution in [0, 0.1) is 0 Å². The van der Waals surface area contributed by atoms with Gasteiger partial charge in [0.15, 0.2) is 0 Å². The summed E-state index contributed by atoms with van der Waals surface area (Å²) in [6.07, 6.45) is 1.05. The minimum Gasteiger partial charge on any atom is -0.296 e. The van der Waals surface area contributed by atoms with Gasteiger partial charge >= 0.3 is 6.03 Å². The highest BCUT2D eigenvalue weighted by Gasteiger charge is 2.26. The maximum absolute atomic E-state index is 11.3. The molecule has 0 aromatic rings. The highest BCUT2D eigenvalue weighted by Crippen LogP contribution is 2.16. The van der Waals surface area contributed by atoms with Crippen molar-refractivity contribution in [1.29, 1.82) is 0 Å². The molecule has 1 N–H and O–H groups in total. The summed E-state index contributed by atoms with van der Waals surface area (Å²) in [6, 6.07) is -0.601. The molecule has 1 aliphatic rings. The molecule has 1 aliphatic heterocycles. The van der Waals surface area contributed by atoms with Crippen molar-refractivity contribution in [3.8, 4) is 0 Å². The number of urea groups is 1. The Morgan fingerprint density at radius 3 is 2.43 bits per heavy atom. The predicted octanol–water partition coefficient (Wildman–Crippen LogP) is 2.16. The lowest BCUT2D eigenvalue weighted by Crippen LogP contribution is -2.39. The summed E-state index contributed by atoms with van der Waals surface area (Å²) in [5, 5.41) is 2.02. The third-order valence-electron chi connectivity index (χ3n) is 1.70. The average Bonchev–Trinajstić information content (AvgIpc) is 2.51. The number of hydrogen-bond donors (Lipinski definition) is 1. The van der Waals surface area contributed by atoms with Crippen LogP contribution in [-0.2, 0) is 4.79 Å². The molecule has 0 unspecified atom stereocenters. The van der Waals surface area contributed by atoms with Crippen molar-refractivity contribution >= 4 is 46.7 Å². The Morgan fingerprint density at radius 1 is 1.36 bits per heavy atom. The van der Waals surface area contributed by atoms with E-state index < -0.39 is 6.03 Å². The predicted molar refractivity (Wildman–Crippen MR) is 54.1 cm³/mol. The summed E-state index contributed by atoms with van der Waals surface area (Å²) in [6.45, 7) is 0.398. The van der Waals surface area contributed by atoms with E-state index in [1.165, 1.54) is 0 Å². The van der Waals surface area contributed by atoms with E-state index in [9.17, 15) is 9.59 Å². The maximum atomic E-state index is 11.3. The molecule has 3 amide bonds. The van der Waals surface area contributed by atoms with Crippen LogP contribution in [-0.4, -0.2) is 23.4 Å². The van der Waals surface area contributed by atoms with Gasteiger partial charge in [-0.25, -0.2) is 4.79 Å². The van der Waals surface area contributed by atoms with E-state index in [4.69, 9.17) is 34.8 Å². The van der Waals surface area contributed by atoms with E-state index in [2.05, 4.69) is 5.32 Å². The zero-order valence-electron chi connectivity index (χ0n) is 7.02. The quantitative estimate of drug-likeness (QED) is 0.732. The maximum Gasteiger partial charge on any atom is 0.329 e. The van der Waals surface area contributed by atoms with Gasteiger partial charge < -0.3 is 0 Å². The molecule has 0 bridgehead atoms. The number of imide groups is 1. The third-order valence-corrected chi connectivity index (χ3v) is 2.56. The topological polar surface area (TPSA) is 49.4 Å². The summed E-state index contributed by atoms with van der Waals surface area (Å²) in [7, 11) is 0. The Balaban J connectivity index is 2.59. The Kier molecular flexibility index (Phi) is 4.04. The van der Waals surface area contributed by atoms with Crippen molar-refractivity contribution in [1.82, 2.24) is 10.2 Å². The van der Waals surface area contributed by atoms with E-state index in [0.717, 1.165) is 4.90 Å². The van der Waals surface area contributed by atoms with Crippen molar-refractivity contribution < 1.29 is 9.59 Å². The van der Waals surface area contributed by atoms with E-state index in [1.807, 2.05) is 0 Å². The van der Waals surface area contributed by atoms with Gasteiger partial charge in [-0.05, 0) is 6.42 Å². The second-order valence-electron chi connectivity index (χ2n) is 2.65. The SMILES string of the molecule is O=C1CCCN1C(=O)NC(Cl)=C(Cl)Cl. The molecule has 0 radical (unpaired) electrons. The molecule has 0 spiro atoms. The first-order valence-electron chi connectivity index (χ1n) is 3.84. The lowest BCUT2D eigenvalue weighted by Gasteiger charge is -2.13. The minimum absolute atomic E-state index is 0.182. The highest BCUT2D eigenvalue weighted by molar-refractivity contribution is 6.59. The summed E-state index contributed by atoms with van der Waals surface area (Å²) < 4.78 is -0.244. The number of carbonyl (C=O) groups excluding carboxylic acids is 2. The Morgan fingerprint density at radius 2 is 2.00 bits per heavy atom. The standard InChI is InChI=1S/C7H7Cl3N2O2/c8-5(9)6(10)11-7(14)12-3-1-2-4(12)13/h1-3H2,(H,11,14). The van der Waals surface area contributed by atoms with Gasteiger partial charge in [0.05, 0.1) is 0 Å². The molecule has 0 aromatic heterocycles. The monoisotopic (exact) mass is 256 g/mol. The van der Waals surface area contributed by atoms with Crippen molar-refractivity contribution in [2.24, 2.45) is 0 Å². The zero-order valence-corrected chi connectivity index (χ0v) is 9.29. The smallest absolute Gasteiger partial charge is 0.296 e. The molecule has 1 rings (SSSR count). The molecule has 1 saturated heterocycles. The summed E-state index contributed by atoms with van der Waals surface area (Å²) in [4.78, 5) is 23.5. The van der Waals surface area contributed by atoms with Crippen LogP contribution < -0.4 is 5.32 Å². The van der Waals surface area contributed by atoms with E-state index in [-0.39, 0.29) is 15.6 Å². The fourth-order valence-electron chi connectivity index (χ4n) is 1.07. The van der Waals surface area contributed by atoms with Crippen LogP contribution in [0.5, 0.6) is 0 Å². The molecular weight excluding hydrogens is 250 g/mol. The van der Waals surface area contributed by atoms with Gasteiger partial charge in [0, 0.05) is 13.0 Å². The molecule has 4 nitrogen and oxygen atoms in total. The summed E-state index contributed by atoms with van der Waals surface area (Å²) in [5.74, 6) is -0.224. The van der Waals surface area contributed by atoms with Crippen LogP contribution >= 0.6 is 34.8 Å². The molecule has 1 heterocycles. The van der Waals surface area contributed by atoms with Gasteiger partial charge in [0.2, 0.25) is 5.91 Å². The average molecular weight is 258 g/mol. The summed E-state index contributed by atoms with van der Waals surface area (Å²) in [5.41, 5.74) is 0. The molecule has 0 aromatic carbocycles. The molecule has 1 fully saturated rings. The van der Waals surface area contributed by atoms with Crippen LogP contribution in [0.25, 0.3) is 0 Å². The Hall–Kier alpha value is -0.450. The minimum atomic E-state index is -0.601. The number of carbonyl (C=O) groups is 2. The van der Waals surface area contributed by atoms with E-state index in [1.54, 1.807) is 0 Å². The largest absolute Gasteiger partial charge is 0.329 e. The van der Waals surface area contributed by atoms with E-state index >= 15 is 0 Å². The molecule has 0 atom stereocenters. The first-order chi connectivity index (χ1) is 6.52. The second-order valence-corrected chi connectivity index (χ2v) is 3.98. The fourth-order valence-corrected chi connectivity index (χ4v) is 1.25. The van der Waals surface area contributed by atoms with Crippen molar-refractivity contribution in [2.75, 3.05) is 6.54 Å². The first kappa shape index (κ1) is 11.6. The number of rotatable bonds is 1. The number of hydrogen-bond acceptors (Lipinski definition) is 2. The highest BCUT2D eigenvalue weighted by atomic mass is 35.5. The van der Waals surface area contributed by atoms with Gasteiger partial charge in [0.25, 0.3) is 0 Å². The lowest BCUT2D eigenvalue weighted by molar-refractivity contribution is -0.125. The summed E-state index contributed by atoms with van der Waals surface area (Å²) >= 11 is 16.1. The first-order valence-corrected chi connectivity index (χ1v) is 4.98. The second kappa shape index (κ2) is 4.87. The van der Waals surface area contributed by atoms with E-state index in [0.29, 0.717) is 19.4 Å².